The highest BCUT2D eigenvalue weighted by Gasteiger charge is 2.14. The Morgan fingerprint density at radius 2 is 1.22 bits per heavy atom. The zero-order valence-electron chi connectivity index (χ0n) is 19.1. The van der Waals surface area contributed by atoms with Crippen molar-refractivity contribution in [3.63, 3.8) is 0 Å². The molecule has 0 aromatic heterocycles. The minimum Gasteiger partial charge on any atom is -0.474 e. The lowest BCUT2D eigenvalue weighted by molar-refractivity contribution is -0.149. The van der Waals surface area contributed by atoms with Gasteiger partial charge in [0.25, 0.3) is 0 Å². The summed E-state index contributed by atoms with van der Waals surface area (Å²) in [5.74, 6) is -7.60. The lowest BCUT2D eigenvalue weighted by Gasteiger charge is -2.08. The van der Waals surface area contributed by atoms with Gasteiger partial charge in [0, 0.05) is 35.3 Å². The van der Waals surface area contributed by atoms with E-state index in [1.807, 2.05) is 5.32 Å². The van der Waals surface area contributed by atoms with Crippen LogP contribution in [0.4, 0.5) is 11.4 Å². The molecule has 14 heteroatoms. The molecule has 0 saturated carbocycles. The third kappa shape index (κ3) is 9.05. The van der Waals surface area contributed by atoms with Gasteiger partial charge in [0.2, 0.25) is 11.8 Å². The van der Waals surface area contributed by atoms with Gasteiger partial charge in [-0.2, -0.15) is 4.99 Å². The van der Waals surface area contributed by atoms with Crippen LogP contribution in [-0.4, -0.2) is 57.5 Å². The summed E-state index contributed by atoms with van der Waals surface area (Å²) in [6.45, 7) is 0. The van der Waals surface area contributed by atoms with Crippen molar-refractivity contribution in [1.82, 2.24) is 5.32 Å². The number of carbonyl (C=O) groups excluding carboxylic acids is 4. The van der Waals surface area contributed by atoms with Crippen LogP contribution in [0.1, 0.15) is 30.4 Å². The van der Waals surface area contributed by atoms with Gasteiger partial charge in [-0.1, -0.05) is 0 Å². The van der Waals surface area contributed by atoms with Gasteiger partial charge >= 0.3 is 23.8 Å². The molecule has 2 rings (SSSR count). The number of aliphatic imine (C=N–C) groups is 1. The fourth-order valence-electron chi connectivity index (χ4n) is 2.76. The average molecular weight is 510 g/mol. The molecule has 37 heavy (non-hydrogen) atoms. The molecule has 0 radical (unpaired) electrons. The molecule has 0 aliphatic heterocycles. The van der Waals surface area contributed by atoms with E-state index in [0.29, 0.717) is 16.9 Å². The SMILES string of the molecule is N=C(NC(=O)C(=O)O)c1ccc(NC(=O)CCCC(=O)Nc2ccc(C(N)=NC(=O)C(=O)O)cc2)cc1. The predicted molar refractivity (Wildman–Crippen MR) is 130 cm³/mol. The van der Waals surface area contributed by atoms with Crippen LogP contribution in [0.15, 0.2) is 53.5 Å². The van der Waals surface area contributed by atoms with Gasteiger partial charge < -0.3 is 31.9 Å². The van der Waals surface area contributed by atoms with Crippen LogP contribution in [0, 0.1) is 5.41 Å². The Bertz CT molecular complexity index is 1270. The van der Waals surface area contributed by atoms with Crippen LogP contribution in [0.3, 0.4) is 0 Å². The minimum atomic E-state index is -1.74. The van der Waals surface area contributed by atoms with E-state index in [4.69, 9.17) is 21.4 Å². The standard InChI is InChI=1S/C23H22N6O8/c24-18(28-20(32)22(34)35)12-4-8-14(9-5-12)26-16(30)2-1-3-17(31)27-15-10-6-13(7-11-15)19(25)29-21(33)23(36)37/h4-11H,1-3H2,(H,26,30)(H,27,31)(H,34,35)(H,36,37)(H2,24,28,32)(H2,25,29,33). The highest BCUT2D eigenvalue weighted by molar-refractivity contribution is 6.35. The third-order valence-corrected chi connectivity index (χ3v) is 4.57. The number of anilines is 2. The van der Waals surface area contributed by atoms with Crippen molar-refractivity contribution < 1.29 is 39.0 Å². The zero-order valence-corrected chi connectivity index (χ0v) is 19.1. The summed E-state index contributed by atoms with van der Waals surface area (Å²) in [5, 5.41) is 31.9. The average Bonchev–Trinajstić information content (AvgIpc) is 2.84. The molecule has 2 aromatic carbocycles. The van der Waals surface area contributed by atoms with Crippen molar-refractivity contribution in [1.29, 1.82) is 5.41 Å². The zero-order chi connectivity index (χ0) is 27.5. The van der Waals surface area contributed by atoms with Gasteiger partial charge in [-0.3, -0.25) is 24.6 Å². The summed E-state index contributed by atoms with van der Waals surface area (Å²) >= 11 is 0. The molecule has 0 bridgehead atoms. The lowest BCUT2D eigenvalue weighted by Crippen LogP contribution is -2.35. The summed E-state index contributed by atoms with van der Waals surface area (Å²) < 4.78 is 0. The van der Waals surface area contributed by atoms with Crippen LogP contribution < -0.4 is 21.7 Å². The largest absolute Gasteiger partial charge is 0.474 e. The fraction of sp³-hybridized carbons (Fsp3) is 0.130. The van der Waals surface area contributed by atoms with Crippen LogP contribution in [-0.2, 0) is 28.8 Å². The Morgan fingerprint density at radius 1 is 0.757 bits per heavy atom. The third-order valence-electron chi connectivity index (χ3n) is 4.57. The number of amides is 4. The minimum absolute atomic E-state index is 0.0448. The number of amidine groups is 2. The van der Waals surface area contributed by atoms with Gasteiger partial charge in [-0.25, -0.2) is 9.59 Å². The maximum absolute atomic E-state index is 12.1. The number of carboxylic acid groups (broad SMARTS) is 2. The Morgan fingerprint density at radius 3 is 1.65 bits per heavy atom. The fourth-order valence-corrected chi connectivity index (χ4v) is 2.76. The maximum atomic E-state index is 12.1. The first-order valence-electron chi connectivity index (χ1n) is 10.5. The van der Waals surface area contributed by atoms with Crippen molar-refractivity contribution in [3.8, 4) is 0 Å². The second-order valence-corrected chi connectivity index (χ2v) is 7.35. The van der Waals surface area contributed by atoms with E-state index >= 15 is 0 Å². The van der Waals surface area contributed by atoms with E-state index in [9.17, 15) is 28.8 Å². The lowest BCUT2D eigenvalue weighted by atomic mass is 10.1. The van der Waals surface area contributed by atoms with Crippen molar-refractivity contribution in [3.05, 3.63) is 59.7 Å². The highest BCUT2D eigenvalue weighted by Crippen LogP contribution is 2.13. The molecule has 14 nitrogen and oxygen atoms in total. The van der Waals surface area contributed by atoms with Crippen LogP contribution in [0.25, 0.3) is 0 Å². The number of nitrogens with two attached hydrogens (primary N) is 1. The Balaban J connectivity index is 1.77. The maximum Gasteiger partial charge on any atom is 0.396 e. The van der Waals surface area contributed by atoms with E-state index in [-0.39, 0.29) is 42.5 Å². The second-order valence-electron chi connectivity index (χ2n) is 7.35. The molecule has 0 aliphatic rings. The molecule has 0 fully saturated rings. The van der Waals surface area contributed by atoms with Crippen molar-refractivity contribution >= 4 is 58.6 Å². The summed E-state index contributed by atoms with van der Waals surface area (Å²) in [5.41, 5.74) is 6.93. The van der Waals surface area contributed by atoms with Crippen LogP contribution >= 0.6 is 0 Å². The number of aliphatic carboxylic acids is 2. The molecule has 0 heterocycles. The molecule has 0 aliphatic carbocycles. The van der Waals surface area contributed by atoms with E-state index in [2.05, 4.69) is 15.6 Å². The second kappa shape index (κ2) is 12.9. The van der Waals surface area contributed by atoms with Crippen molar-refractivity contribution in [2.75, 3.05) is 10.6 Å². The number of nitrogens with one attached hydrogen (secondary N) is 4. The van der Waals surface area contributed by atoms with E-state index in [1.54, 1.807) is 0 Å². The number of rotatable bonds is 8. The molecule has 0 saturated heterocycles. The molecule has 0 spiro atoms. The number of hydrogen-bond donors (Lipinski definition) is 7. The van der Waals surface area contributed by atoms with E-state index in [0.717, 1.165) is 0 Å². The molecular weight excluding hydrogens is 488 g/mol. The monoisotopic (exact) mass is 510 g/mol. The summed E-state index contributed by atoms with van der Waals surface area (Å²) in [7, 11) is 0. The number of nitrogens with zero attached hydrogens (tertiary/aromatic N) is 1. The Kier molecular flexibility index (Phi) is 9.70. The van der Waals surface area contributed by atoms with Gasteiger partial charge in [0.15, 0.2) is 0 Å². The first kappa shape index (κ1) is 27.8. The Hall–Kier alpha value is -5.40. The van der Waals surface area contributed by atoms with Gasteiger partial charge in [0.1, 0.15) is 11.7 Å². The molecule has 192 valence electrons. The highest BCUT2D eigenvalue weighted by atomic mass is 16.4. The normalized spacial score (nSPS) is 10.6. The first-order valence-corrected chi connectivity index (χ1v) is 10.5. The molecular formula is C23H22N6O8. The first-order chi connectivity index (χ1) is 17.5. The quantitative estimate of drug-likeness (QED) is 0.146. The summed E-state index contributed by atoms with van der Waals surface area (Å²) in [4.78, 5) is 70.7. The molecule has 2 aromatic rings. The number of benzene rings is 2. The molecule has 4 amide bonds. The predicted octanol–water partition coefficient (Wildman–Crippen LogP) is 0.277. The van der Waals surface area contributed by atoms with Gasteiger partial charge in [0.05, 0.1) is 0 Å². The topological polar surface area (TPSA) is 241 Å². The van der Waals surface area contributed by atoms with Gasteiger partial charge in [-0.05, 0) is 55.0 Å². The molecule has 8 N–H and O–H groups in total. The number of hydrogen-bond acceptors (Lipinski definition) is 7. The summed E-state index contributed by atoms with van der Waals surface area (Å²) in [6, 6.07) is 11.7. The van der Waals surface area contributed by atoms with Gasteiger partial charge in [-0.15, -0.1) is 0 Å². The number of carbonyl (C=O) groups is 6. The van der Waals surface area contributed by atoms with E-state index < -0.39 is 29.6 Å². The Labute approximate surface area is 209 Å². The number of carboxylic acids is 2. The van der Waals surface area contributed by atoms with Crippen molar-refractivity contribution in [2.24, 2.45) is 10.7 Å². The van der Waals surface area contributed by atoms with E-state index in [1.165, 1.54) is 48.5 Å². The molecule has 0 unspecified atom stereocenters. The summed E-state index contributed by atoms with van der Waals surface area (Å²) in [6.07, 6.45) is 0.338. The smallest absolute Gasteiger partial charge is 0.396 e. The molecule has 0 atom stereocenters. The van der Waals surface area contributed by atoms with Crippen LogP contribution in [0.5, 0.6) is 0 Å². The van der Waals surface area contributed by atoms with Crippen LogP contribution in [0.2, 0.25) is 0 Å². The van der Waals surface area contributed by atoms with Crippen molar-refractivity contribution in [2.45, 2.75) is 19.3 Å².